The number of carbonyl (C=O) groups is 1. The van der Waals surface area contributed by atoms with E-state index in [1.54, 1.807) is 12.4 Å². The fraction of sp³-hybridized carbons (Fsp3) is 0.667. The van der Waals surface area contributed by atoms with Crippen LogP contribution in [0.25, 0.3) is 0 Å². The molecule has 1 atom stereocenters. The molecule has 1 heterocycles. The van der Waals surface area contributed by atoms with Crippen LogP contribution in [0, 0.1) is 5.41 Å². The number of nitrogens with two attached hydrogens (primary N) is 1. The van der Waals surface area contributed by atoms with Gasteiger partial charge in [0.1, 0.15) is 5.82 Å². The molecule has 1 aromatic heterocycles. The van der Waals surface area contributed by atoms with Crippen molar-refractivity contribution in [2.45, 2.75) is 39.7 Å². The molecule has 1 aromatic rings. The van der Waals surface area contributed by atoms with Gasteiger partial charge in [-0.3, -0.25) is 4.79 Å². The van der Waals surface area contributed by atoms with Gasteiger partial charge in [-0.2, -0.15) is 0 Å². The van der Waals surface area contributed by atoms with Crippen molar-refractivity contribution in [3.05, 3.63) is 18.2 Å². The second-order valence-corrected chi connectivity index (χ2v) is 5.31. The molecular weight excluding hydrogens is 216 g/mol. The molecule has 1 amide bonds. The molecule has 0 aliphatic heterocycles. The van der Waals surface area contributed by atoms with Gasteiger partial charge < -0.3 is 16.0 Å². The fourth-order valence-electron chi connectivity index (χ4n) is 1.33. The number of amides is 1. The average Bonchev–Trinajstić information content (AvgIpc) is 2.69. The van der Waals surface area contributed by atoms with E-state index in [0.717, 1.165) is 5.82 Å². The van der Waals surface area contributed by atoms with E-state index in [1.165, 1.54) is 0 Å². The van der Waals surface area contributed by atoms with Gasteiger partial charge >= 0.3 is 0 Å². The Morgan fingerprint density at radius 2 is 2.29 bits per heavy atom. The summed E-state index contributed by atoms with van der Waals surface area (Å²) in [5.41, 5.74) is 5.90. The van der Waals surface area contributed by atoms with Crippen LogP contribution in [-0.2, 0) is 11.2 Å². The lowest BCUT2D eigenvalue weighted by Gasteiger charge is -2.26. The Kier molecular flexibility index (Phi) is 4.69. The summed E-state index contributed by atoms with van der Waals surface area (Å²) < 4.78 is 0. The molecule has 96 valence electrons. The van der Waals surface area contributed by atoms with E-state index in [4.69, 9.17) is 5.73 Å². The maximum Gasteiger partial charge on any atom is 0.221 e. The summed E-state index contributed by atoms with van der Waals surface area (Å²) in [7, 11) is 0. The molecule has 0 aliphatic carbocycles. The van der Waals surface area contributed by atoms with Gasteiger partial charge in [0.15, 0.2) is 0 Å². The summed E-state index contributed by atoms with van der Waals surface area (Å²) in [5.74, 6) is 0.879. The fourth-order valence-corrected chi connectivity index (χ4v) is 1.33. The van der Waals surface area contributed by atoms with Crippen LogP contribution in [-0.4, -0.2) is 28.5 Å². The average molecular weight is 238 g/mol. The Bertz CT molecular complexity index is 340. The first-order valence-electron chi connectivity index (χ1n) is 5.90. The number of hydrogen-bond donors (Lipinski definition) is 3. The predicted octanol–water partition coefficient (Wildman–Crippen LogP) is 0.832. The van der Waals surface area contributed by atoms with Gasteiger partial charge in [-0.25, -0.2) is 4.98 Å². The second kappa shape index (κ2) is 5.82. The summed E-state index contributed by atoms with van der Waals surface area (Å²) in [6.07, 6.45) is 4.55. The second-order valence-electron chi connectivity index (χ2n) is 5.31. The smallest absolute Gasteiger partial charge is 0.221 e. The van der Waals surface area contributed by atoms with E-state index >= 15 is 0 Å². The lowest BCUT2D eigenvalue weighted by molar-refractivity contribution is -0.121. The van der Waals surface area contributed by atoms with Crippen molar-refractivity contribution < 1.29 is 4.79 Å². The summed E-state index contributed by atoms with van der Waals surface area (Å²) in [6.45, 7) is 6.69. The SMILES string of the molecule is CC(C)(C)C(N)CC(=O)NCCc1ncc[nH]1. The van der Waals surface area contributed by atoms with Crippen LogP contribution in [0.3, 0.4) is 0 Å². The van der Waals surface area contributed by atoms with Crippen LogP contribution in [0.1, 0.15) is 33.0 Å². The van der Waals surface area contributed by atoms with Crippen LogP contribution < -0.4 is 11.1 Å². The zero-order valence-corrected chi connectivity index (χ0v) is 10.8. The van der Waals surface area contributed by atoms with E-state index in [-0.39, 0.29) is 17.4 Å². The minimum Gasteiger partial charge on any atom is -0.356 e. The number of aromatic amines is 1. The molecule has 1 unspecified atom stereocenters. The van der Waals surface area contributed by atoms with Crippen molar-refractivity contribution in [1.82, 2.24) is 15.3 Å². The van der Waals surface area contributed by atoms with E-state index in [0.29, 0.717) is 19.4 Å². The maximum atomic E-state index is 11.6. The first-order valence-corrected chi connectivity index (χ1v) is 5.90. The summed E-state index contributed by atoms with van der Waals surface area (Å²) in [4.78, 5) is 18.7. The Labute approximate surface area is 102 Å². The molecule has 4 N–H and O–H groups in total. The predicted molar refractivity (Wildman–Crippen MR) is 67.3 cm³/mol. The highest BCUT2D eigenvalue weighted by Crippen LogP contribution is 2.19. The van der Waals surface area contributed by atoms with E-state index < -0.39 is 0 Å². The zero-order chi connectivity index (χ0) is 12.9. The molecule has 0 radical (unpaired) electrons. The Hall–Kier alpha value is -1.36. The first kappa shape index (κ1) is 13.7. The molecule has 0 saturated carbocycles. The number of H-pyrrole nitrogens is 1. The molecule has 0 spiro atoms. The molecule has 0 aromatic carbocycles. The van der Waals surface area contributed by atoms with Gasteiger partial charge in [-0.1, -0.05) is 20.8 Å². The number of nitrogens with zero attached hydrogens (tertiary/aromatic N) is 1. The van der Waals surface area contributed by atoms with Gasteiger partial charge in [-0.15, -0.1) is 0 Å². The third-order valence-corrected chi connectivity index (χ3v) is 2.76. The quantitative estimate of drug-likeness (QED) is 0.710. The van der Waals surface area contributed by atoms with Crippen LogP contribution in [0.15, 0.2) is 12.4 Å². The number of carbonyl (C=O) groups excluding carboxylic acids is 1. The van der Waals surface area contributed by atoms with Crippen molar-refractivity contribution in [3.63, 3.8) is 0 Å². The Morgan fingerprint density at radius 3 is 2.82 bits per heavy atom. The van der Waals surface area contributed by atoms with Crippen LogP contribution >= 0.6 is 0 Å². The highest BCUT2D eigenvalue weighted by atomic mass is 16.1. The third kappa shape index (κ3) is 4.99. The number of aromatic nitrogens is 2. The Balaban J connectivity index is 2.22. The summed E-state index contributed by atoms with van der Waals surface area (Å²) in [5, 5.41) is 2.84. The van der Waals surface area contributed by atoms with Gasteiger partial charge in [0.05, 0.1) is 0 Å². The van der Waals surface area contributed by atoms with Crippen molar-refractivity contribution in [2.24, 2.45) is 11.1 Å². The van der Waals surface area contributed by atoms with Crippen LogP contribution in [0.5, 0.6) is 0 Å². The zero-order valence-electron chi connectivity index (χ0n) is 10.8. The molecule has 0 fully saturated rings. The van der Waals surface area contributed by atoms with Crippen LogP contribution in [0.2, 0.25) is 0 Å². The van der Waals surface area contributed by atoms with Gasteiger partial charge in [0.2, 0.25) is 5.91 Å². The van der Waals surface area contributed by atoms with Crippen LogP contribution in [0.4, 0.5) is 0 Å². The molecule has 5 nitrogen and oxygen atoms in total. The maximum absolute atomic E-state index is 11.6. The minimum atomic E-state index is -0.119. The molecule has 0 aliphatic rings. The highest BCUT2D eigenvalue weighted by Gasteiger charge is 2.22. The lowest BCUT2D eigenvalue weighted by Crippen LogP contribution is -2.40. The van der Waals surface area contributed by atoms with Gasteiger partial charge in [0.25, 0.3) is 0 Å². The Morgan fingerprint density at radius 1 is 1.59 bits per heavy atom. The molecular formula is C12H22N4O. The number of nitrogens with one attached hydrogen (secondary N) is 2. The summed E-state index contributed by atoms with van der Waals surface area (Å²) >= 11 is 0. The van der Waals surface area contributed by atoms with Crippen molar-refractivity contribution >= 4 is 5.91 Å². The highest BCUT2D eigenvalue weighted by molar-refractivity contribution is 5.76. The lowest BCUT2D eigenvalue weighted by atomic mass is 9.85. The molecule has 1 rings (SSSR count). The monoisotopic (exact) mass is 238 g/mol. The first-order chi connectivity index (χ1) is 7.89. The van der Waals surface area contributed by atoms with Gasteiger partial charge in [-0.05, 0) is 5.41 Å². The molecule has 0 bridgehead atoms. The van der Waals surface area contributed by atoms with E-state index in [1.807, 2.05) is 20.8 Å². The minimum absolute atomic E-state index is 0.000943. The molecule has 0 saturated heterocycles. The topological polar surface area (TPSA) is 83.8 Å². The largest absolute Gasteiger partial charge is 0.356 e. The van der Waals surface area contributed by atoms with Crippen molar-refractivity contribution in [3.8, 4) is 0 Å². The number of hydrogen-bond acceptors (Lipinski definition) is 3. The third-order valence-electron chi connectivity index (χ3n) is 2.76. The molecule has 17 heavy (non-hydrogen) atoms. The number of rotatable bonds is 5. The van der Waals surface area contributed by atoms with E-state index in [2.05, 4.69) is 15.3 Å². The number of imidazole rings is 1. The summed E-state index contributed by atoms with van der Waals surface area (Å²) in [6, 6.07) is -0.119. The van der Waals surface area contributed by atoms with Crippen molar-refractivity contribution in [1.29, 1.82) is 0 Å². The van der Waals surface area contributed by atoms with Crippen molar-refractivity contribution in [2.75, 3.05) is 6.54 Å². The molecule has 5 heteroatoms. The van der Waals surface area contributed by atoms with Gasteiger partial charge in [0, 0.05) is 37.8 Å². The van der Waals surface area contributed by atoms with E-state index in [9.17, 15) is 4.79 Å². The standard InChI is InChI=1S/C12H22N4O/c1-12(2,3)9(13)8-11(17)16-5-4-10-14-6-7-15-10/h6-7,9H,4-5,8,13H2,1-3H3,(H,14,15)(H,16,17). The normalized spacial score (nSPS) is 13.4.